The largest absolute Gasteiger partial charge is 0.484 e. The van der Waals surface area contributed by atoms with E-state index in [1.807, 2.05) is 45.9 Å². The van der Waals surface area contributed by atoms with Gasteiger partial charge < -0.3 is 19.2 Å². The van der Waals surface area contributed by atoms with Crippen LogP contribution in [0.5, 0.6) is 5.75 Å². The minimum Gasteiger partial charge on any atom is -0.484 e. The monoisotopic (exact) mass is 491 g/mol. The van der Waals surface area contributed by atoms with E-state index in [1.54, 1.807) is 12.1 Å². The topological polar surface area (TPSA) is 88.7 Å². The van der Waals surface area contributed by atoms with Gasteiger partial charge in [-0.2, -0.15) is 8.78 Å². The Morgan fingerprint density at radius 3 is 2.57 bits per heavy atom. The zero-order valence-corrected chi connectivity index (χ0v) is 20.8. The third-order valence-corrected chi connectivity index (χ3v) is 7.09. The van der Waals surface area contributed by atoms with Crippen molar-refractivity contribution in [2.45, 2.75) is 84.5 Å². The van der Waals surface area contributed by atoms with Crippen LogP contribution in [0.2, 0.25) is 0 Å². The molecule has 1 aromatic heterocycles. The highest BCUT2D eigenvalue weighted by Crippen LogP contribution is 2.50. The molecule has 1 N–H and O–H groups in total. The van der Waals surface area contributed by atoms with Crippen molar-refractivity contribution in [3.63, 3.8) is 0 Å². The minimum absolute atomic E-state index is 0.0347. The molecule has 7 nitrogen and oxygen atoms in total. The number of carbonyl (C=O) groups excluding carboxylic acids is 1. The molecule has 1 saturated heterocycles. The number of rotatable bonds is 6. The summed E-state index contributed by atoms with van der Waals surface area (Å²) in [4.78, 5) is 14.4. The zero-order chi connectivity index (χ0) is 25.4. The van der Waals surface area contributed by atoms with E-state index in [0.717, 1.165) is 4.90 Å². The number of aliphatic hydroxyl groups excluding tert-OH is 1. The van der Waals surface area contributed by atoms with E-state index in [4.69, 9.17) is 9.15 Å². The minimum atomic E-state index is -3.71. The molecule has 2 aliphatic rings. The van der Waals surface area contributed by atoms with Crippen LogP contribution in [0.25, 0.3) is 0 Å². The molecule has 35 heavy (non-hydrogen) atoms. The van der Waals surface area contributed by atoms with Crippen molar-refractivity contribution in [3.05, 3.63) is 42.1 Å². The average molecular weight is 492 g/mol. The molecule has 192 valence electrons. The summed E-state index contributed by atoms with van der Waals surface area (Å²) in [5.41, 5.74) is -0.727. The lowest BCUT2D eigenvalue weighted by atomic mass is 9.73. The van der Waals surface area contributed by atoms with Crippen LogP contribution in [-0.2, 0) is 11.4 Å². The van der Waals surface area contributed by atoms with Gasteiger partial charge in [0.05, 0.1) is 12.0 Å². The Kier molecular flexibility index (Phi) is 6.92. The molecule has 1 aliphatic heterocycles. The number of carbonyl (C=O) groups is 1. The maximum absolute atomic E-state index is 15.7. The lowest BCUT2D eigenvalue weighted by Crippen LogP contribution is -2.51. The maximum Gasteiger partial charge on any atom is 0.330 e. The van der Waals surface area contributed by atoms with Crippen LogP contribution in [-0.4, -0.2) is 44.7 Å². The van der Waals surface area contributed by atoms with Crippen LogP contribution in [0.3, 0.4) is 0 Å². The summed E-state index contributed by atoms with van der Waals surface area (Å²) < 4.78 is 42.8. The summed E-state index contributed by atoms with van der Waals surface area (Å²) in [5, 5.41) is 18.8. The summed E-state index contributed by atoms with van der Waals surface area (Å²) in [7, 11) is 0. The first-order valence-electron chi connectivity index (χ1n) is 12.3. The number of alkyl halides is 2. The summed E-state index contributed by atoms with van der Waals surface area (Å²) >= 11 is 0. The van der Waals surface area contributed by atoms with Crippen LogP contribution >= 0.6 is 0 Å². The first kappa shape index (κ1) is 25.5. The number of likely N-dealkylation sites (tertiary alicyclic amines) is 1. The van der Waals surface area contributed by atoms with Gasteiger partial charge in [0, 0.05) is 6.54 Å². The van der Waals surface area contributed by atoms with Crippen molar-refractivity contribution >= 4 is 5.91 Å². The van der Waals surface area contributed by atoms with Crippen molar-refractivity contribution in [3.8, 4) is 5.75 Å². The summed E-state index contributed by atoms with van der Waals surface area (Å²) in [6, 6.07) is 8.41. The van der Waals surface area contributed by atoms with E-state index in [0.29, 0.717) is 25.0 Å². The van der Waals surface area contributed by atoms with Crippen molar-refractivity contribution in [1.29, 1.82) is 0 Å². The standard InChI is InChI=1S/C26H35F2N3O4/c1-24(2)13-18(20(32)14-25(3,4)16-24)26(27,28)23(33)31-12-8-11-19(31)22-30-29-21(35-22)15-34-17-9-6-5-7-10-17/h5-7,9-10,18-20,32H,8,11-16H2,1-4H3/t18?,19-,20?/m0/s1. The molecular weight excluding hydrogens is 456 g/mol. The lowest BCUT2D eigenvalue weighted by Gasteiger charge is -2.35. The van der Waals surface area contributed by atoms with Gasteiger partial charge in [-0.1, -0.05) is 45.9 Å². The molecule has 2 heterocycles. The summed E-state index contributed by atoms with van der Waals surface area (Å²) in [6.45, 7) is 8.02. The molecule has 1 aliphatic carbocycles. The molecule has 1 saturated carbocycles. The van der Waals surface area contributed by atoms with Crippen molar-refractivity contribution in [2.24, 2.45) is 16.7 Å². The van der Waals surface area contributed by atoms with Crippen LogP contribution in [0.15, 0.2) is 34.7 Å². The predicted molar refractivity (Wildman–Crippen MR) is 125 cm³/mol. The van der Waals surface area contributed by atoms with Gasteiger partial charge in [0.2, 0.25) is 5.89 Å². The summed E-state index contributed by atoms with van der Waals surface area (Å²) in [6.07, 6.45) is 0.723. The fraction of sp³-hybridized carbons (Fsp3) is 0.654. The van der Waals surface area contributed by atoms with Crippen LogP contribution in [0.1, 0.15) is 77.6 Å². The number of hydrogen-bond acceptors (Lipinski definition) is 6. The second-order valence-electron chi connectivity index (χ2n) is 11.5. The molecule has 3 atom stereocenters. The van der Waals surface area contributed by atoms with Gasteiger partial charge >= 0.3 is 5.92 Å². The van der Waals surface area contributed by atoms with Gasteiger partial charge in [0.25, 0.3) is 11.8 Å². The molecular formula is C26H35F2N3O4. The third-order valence-electron chi connectivity index (χ3n) is 7.09. The third kappa shape index (κ3) is 5.66. The number of hydrogen-bond donors (Lipinski definition) is 1. The molecule has 2 unspecified atom stereocenters. The van der Waals surface area contributed by atoms with E-state index in [9.17, 15) is 9.90 Å². The van der Waals surface area contributed by atoms with E-state index in [1.165, 1.54) is 0 Å². The van der Waals surface area contributed by atoms with Crippen molar-refractivity contribution < 1.29 is 27.8 Å². The summed E-state index contributed by atoms with van der Waals surface area (Å²) in [5.74, 6) is -5.47. The average Bonchev–Trinajstić information content (AvgIpc) is 3.42. The number of amides is 1. The normalized spacial score (nSPS) is 26.4. The van der Waals surface area contributed by atoms with Gasteiger partial charge in [-0.25, -0.2) is 0 Å². The van der Waals surface area contributed by atoms with Gasteiger partial charge in [-0.05, 0) is 55.1 Å². The molecule has 2 fully saturated rings. The van der Waals surface area contributed by atoms with Crippen LogP contribution in [0, 0.1) is 16.7 Å². The van der Waals surface area contributed by atoms with Gasteiger partial charge in [0.1, 0.15) is 11.8 Å². The number of nitrogens with zero attached hydrogens (tertiary/aromatic N) is 3. The first-order chi connectivity index (χ1) is 16.4. The van der Waals surface area contributed by atoms with Gasteiger partial charge in [0.15, 0.2) is 6.61 Å². The number of halogens is 2. The van der Waals surface area contributed by atoms with Gasteiger partial charge in [-0.3, -0.25) is 4.79 Å². The SMILES string of the molecule is CC1(C)CC(O)C(C(F)(F)C(=O)N2CCC[C@H]2c2nnc(COc3ccccc3)o2)CC(C)(C)C1. The molecule has 4 rings (SSSR count). The maximum atomic E-state index is 15.7. The number of aliphatic hydroxyl groups is 1. The molecule has 1 amide bonds. The predicted octanol–water partition coefficient (Wildman–Crippen LogP) is 5.16. The molecule has 0 bridgehead atoms. The number of ether oxygens (including phenoxy) is 1. The fourth-order valence-corrected chi connectivity index (χ4v) is 5.99. The molecule has 9 heteroatoms. The fourth-order valence-electron chi connectivity index (χ4n) is 5.99. The van der Waals surface area contributed by atoms with Crippen LogP contribution in [0.4, 0.5) is 8.78 Å². The number of para-hydroxylation sites is 1. The van der Waals surface area contributed by atoms with Crippen LogP contribution < -0.4 is 4.74 Å². The second-order valence-corrected chi connectivity index (χ2v) is 11.5. The van der Waals surface area contributed by atoms with E-state index in [2.05, 4.69) is 10.2 Å². The van der Waals surface area contributed by atoms with E-state index in [-0.39, 0.29) is 43.2 Å². The Bertz CT molecular complexity index is 1020. The Balaban J connectivity index is 1.49. The van der Waals surface area contributed by atoms with Crippen molar-refractivity contribution in [1.82, 2.24) is 15.1 Å². The highest BCUT2D eigenvalue weighted by molar-refractivity contribution is 5.84. The zero-order valence-electron chi connectivity index (χ0n) is 20.8. The highest BCUT2D eigenvalue weighted by atomic mass is 19.3. The Labute approximate surface area is 204 Å². The highest BCUT2D eigenvalue weighted by Gasteiger charge is 2.57. The second kappa shape index (κ2) is 9.48. The number of benzene rings is 1. The van der Waals surface area contributed by atoms with E-state index >= 15 is 8.78 Å². The lowest BCUT2D eigenvalue weighted by molar-refractivity contribution is -0.177. The molecule has 0 spiro atoms. The Hall–Kier alpha value is -2.55. The van der Waals surface area contributed by atoms with E-state index < -0.39 is 35.3 Å². The van der Waals surface area contributed by atoms with Crippen molar-refractivity contribution in [2.75, 3.05) is 6.54 Å². The Morgan fingerprint density at radius 1 is 1.17 bits per heavy atom. The molecule has 0 radical (unpaired) electrons. The smallest absolute Gasteiger partial charge is 0.330 e. The van der Waals surface area contributed by atoms with Gasteiger partial charge in [-0.15, -0.1) is 10.2 Å². The Morgan fingerprint density at radius 2 is 1.86 bits per heavy atom. The first-order valence-corrected chi connectivity index (χ1v) is 12.3. The molecule has 2 aromatic rings. The quantitative estimate of drug-likeness (QED) is 0.562. The molecule has 1 aromatic carbocycles. The number of aromatic nitrogens is 2.